The lowest BCUT2D eigenvalue weighted by molar-refractivity contribution is 0.591. The maximum absolute atomic E-state index is 5.97. The highest BCUT2D eigenvalue weighted by Crippen LogP contribution is 2.13. The molecule has 1 heterocycles. The van der Waals surface area contributed by atoms with Crippen molar-refractivity contribution in [3.8, 4) is 0 Å². The molecule has 0 bridgehead atoms. The normalized spacial score (nSPS) is 13.2. The maximum atomic E-state index is 5.97. The quantitative estimate of drug-likeness (QED) is 0.772. The first-order valence-electron chi connectivity index (χ1n) is 4.41. The monoisotopic (exact) mass is 200 g/mol. The van der Waals surface area contributed by atoms with Gasteiger partial charge < -0.3 is 10.3 Å². The summed E-state index contributed by atoms with van der Waals surface area (Å²) >= 11 is 1.80. The molecule has 13 heavy (non-hydrogen) atoms. The predicted octanol–water partition coefficient (Wildman–Crippen LogP) is 1.05. The van der Waals surface area contributed by atoms with Crippen molar-refractivity contribution in [3.05, 3.63) is 12.2 Å². The molecule has 0 saturated heterocycles. The van der Waals surface area contributed by atoms with E-state index in [0.29, 0.717) is 0 Å². The van der Waals surface area contributed by atoms with E-state index in [1.807, 2.05) is 4.57 Å². The molecule has 0 saturated carbocycles. The molecule has 0 spiro atoms. The van der Waals surface area contributed by atoms with E-state index in [1.54, 1.807) is 18.1 Å². The van der Waals surface area contributed by atoms with E-state index in [4.69, 9.17) is 5.73 Å². The van der Waals surface area contributed by atoms with Gasteiger partial charge in [0.15, 0.2) is 0 Å². The molecule has 5 heteroatoms. The Morgan fingerprint density at radius 2 is 2.46 bits per heavy atom. The van der Waals surface area contributed by atoms with E-state index in [0.717, 1.165) is 24.5 Å². The van der Waals surface area contributed by atoms with Gasteiger partial charge in [0.05, 0.1) is 6.04 Å². The van der Waals surface area contributed by atoms with Gasteiger partial charge in [0, 0.05) is 6.54 Å². The van der Waals surface area contributed by atoms with Crippen LogP contribution in [0.5, 0.6) is 0 Å². The van der Waals surface area contributed by atoms with Gasteiger partial charge in [0.25, 0.3) is 0 Å². The van der Waals surface area contributed by atoms with Gasteiger partial charge in [-0.2, -0.15) is 11.8 Å². The molecule has 2 N–H and O–H groups in total. The van der Waals surface area contributed by atoms with Crippen molar-refractivity contribution >= 4 is 11.8 Å². The van der Waals surface area contributed by atoms with Crippen LogP contribution in [0, 0.1) is 0 Å². The first-order chi connectivity index (χ1) is 6.29. The van der Waals surface area contributed by atoms with Crippen molar-refractivity contribution in [2.45, 2.75) is 25.9 Å². The third kappa shape index (κ3) is 2.70. The Kier molecular flexibility index (Phi) is 4.24. The smallest absolute Gasteiger partial charge is 0.149 e. The zero-order valence-corrected chi connectivity index (χ0v) is 8.92. The second kappa shape index (κ2) is 5.24. The Balaban J connectivity index is 2.59. The zero-order chi connectivity index (χ0) is 9.68. The highest BCUT2D eigenvalue weighted by Gasteiger charge is 2.11. The SMILES string of the molecule is CCn1cnnc1[C@H](N)CCSC. The Labute approximate surface area is 82.9 Å². The summed E-state index contributed by atoms with van der Waals surface area (Å²) in [5.41, 5.74) is 5.97. The van der Waals surface area contributed by atoms with Gasteiger partial charge in [-0.05, 0) is 25.4 Å². The van der Waals surface area contributed by atoms with E-state index < -0.39 is 0 Å². The van der Waals surface area contributed by atoms with Crippen LogP contribution in [0.25, 0.3) is 0 Å². The van der Waals surface area contributed by atoms with E-state index >= 15 is 0 Å². The molecule has 0 amide bonds. The molecule has 4 nitrogen and oxygen atoms in total. The van der Waals surface area contributed by atoms with Gasteiger partial charge in [-0.25, -0.2) is 0 Å². The summed E-state index contributed by atoms with van der Waals surface area (Å²) in [6.45, 7) is 2.95. The molecule has 1 atom stereocenters. The van der Waals surface area contributed by atoms with E-state index in [9.17, 15) is 0 Å². The number of nitrogens with zero attached hydrogens (tertiary/aromatic N) is 3. The van der Waals surface area contributed by atoms with Crippen LogP contribution in [-0.4, -0.2) is 26.8 Å². The third-order valence-corrected chi connectivity index (χ3v) is 2.59. The molecule has 74 valence electrons. The molecule has 1 aromatic rings. The molecule has 0 fully saturated rings. The van der Waals surface area contributed by atoms with Gasteiger partial charge >= 0.3 is 0 Å². The van der Waals surface area contributed by atoms with Crippen LogP contribution in [0.3, 0.4) is 0 Å². The molecule has 1 aromatic heterocycles. The van der Waals surface area contributed by atoms with Crippen LogP contribution in [0.1, 0.15) is 25.2 Å². The zero-order valence-electron chi connectivity index (χ0n) is 8.10. The maximum Gasteiger partial charge on any atom is 0.149 e. The fourth-order valence-corrected chi connectivity index (χ4v) is 1.66. The summed E-state index contributed by atoms with van der Waals surface area (Å²) in [7, 11) is 0. The van der Waals surface area contributed by atoms with Gasteiger partial charge in [0.1, 0.15) is 12.2 Å². The molecule has 0 radical (unpaired) electrons. The first-order valence-corrected chi connectivity index (χ1v) is 5.81. The molecule has 0 aliphatic carbocycles. The van der Waals surface area contributed by atoms with E-state index in [2.05, 4.69) is 23.4 Å². The van der Waals surface area contributed by atoms with Crippen LogP contribution >= 0.6 is 11.8 Å². The number of thioether (sulfide) groups is 1. The van der Waals surface area contributed by atoms with Crippen molar-refractivity contribution in [1.82, 2.24) is 14.8 Å². The van der Waals surface area contributed by atoms with Crippen molar-refractivity contribution in [2.24, 2.45) is 5.73 Å². The molecule has 0 aromatic carbocycles. The molecule has 1 rings (SSSR count). The standard InChI is InChI=1S/C8H16N4S/c1-3-12-6-10-11-8(12)7(9)4-5-13-2/h6-7H,3-5,9H2,1-2H3/t7-/m1/s1. The Morgan fingerprint density at radius 3 is 3.08 bits per heavy atom. The largest absolute Gasteiger partial charge is 0.321 e. The highest BCUT2D eigenvalue weighted by molar-refractivity contribution is 7.98. The van der Waals surface area contributed by atoms with Gasteiger partial charge in [0.2, 0.25) is 0 Å². The average molecular weight is 200 g/mol. The summed E-state index contributed by atoms with van der Waals surface area (Å²) in [5, 5.41) is 7.87. The number of aromatic nitrogens is 3. The third-order valence-electron chi connectivity index (χ3n) is 1.95. The van der Waals surface area contributed by atoms with Crippen molar-refractivity contribution in [3.63, 3.8) is 0 Å². The number of nitrogens with two attached hydrogens (primary N) is 1. The van der Waals surface area contributed by atoms with E-state index in [-0.39, 0.29) is 6.04 Å². The number of aryl methyl sites for hydroxylation is 1. The van der Waals surface area contributed by atoms with Crippen LogP contribution in [0.2, 0.25) is 0 Å². The fraction of sp³-hybridized carbons (Fsp3) is 0.750. The molecule has 0 aliphatic rings. The number of rotatable bonds is 5. The van der Waals surface area contributed by atoms with Gasteiger partial charge in [-0.15, -0.1) is 10.2 Å². The van der Waals surface area contributed by atoms with Crippen LogP contribution in [0.15, 0.2) is 6.33 Å². The molecular formula is C8H16N4S. The lowest BCUT2D eigenvalue weighted by Crippen LogP contribution is -2.17. The number of hydrogen-bond acceptors (Lipinski definition) is 4. The Morgan fingerprint density at radius 1 is 1.69 bits per heavy atom. The minimum absolute atomic E-state index is 0.0231. The van der Waals surface area contributed by atoms with Crippen LogP contribution in [0.4, 0.5) is 0 Å². The first kappa shape index (κ1) is 10.5. The van der Waals surface area contributed by atoms with Crippen molar-refractivity contribution < 1.29 is 0 Å². The topological polar surface area (TPSA) is 56.7 Å². The summed E-state index contributed by atoms with van der Waals surface area (Å²) < 4.78 is 1.99. The Hall–Kier alpha value is -0.550. The molecule has 0 aliphatic heterocycles. The van der Waals surface area contributed by atoms with Gasteiger partial charge in [-0.1, -0.05) is 0 Å². The number of hydrogen-bond donors (Lipinski definition) is 1. The molecule has 0 unspecified atom stereocenters. The Bertz CT molecular complexity index is 248. The van der Waals surface area contributed by atoms with E-state index in [1.165, 1.54) is 0 Å². The second-order valence-electron chi connectivity index (χ2n) is 2.86. The van der Waals surface area contributed by atoms with Crippen LogP contribution in [-0.2, 0) is 6.54 Å². The summed E-state index contributed by atoms with van der Waals surface area (Å²) in [5.74, 6) is 1.97. The summed E-state index contributed by atoms with van der Waals surface area (Å²) in [6, 6.07) is 0.0231. The molecular weight excluding hydrogens is 184 g/mol. The highest BCUT2D eigenvalue weighted by atomic mass is 32.2. The van der Waals surface area contributed by atoms with Gasteiger partial charge in [-0.3, -0.25) is 0 Å². The summed E-state index contributed by atoms with van der Waals surface area (Å²) in [4.78, 5) is 0. The minimum atomic E-state index is 0.0231. The second-order valence-corrected chi connectivity index (χ2v) is 3.85. The lowest BCUT2D eigenvalue weighted by atomic mass is 10.2. The van der Waals surface area contributed by atoms with Crippen LogP contribution < -0.4 is 5.73 Å². The average Bonchev–Trinajstić information content (AvgIpc) is 2.61. The van der Waals surface area contributed by atoms with Crippen molar-refractivity contribution in [2.75, 3.05) is 12.0 Å². The minimum Gasteiger partial charge on any atom is -0.321 e. The fourth-order valence-electron chi connectivity index (χ4n) is 1.17. The predicted molar refractivity (Wildman–Crippen MR) is 55.6 cm³/mol. The summed E-state index contributed by atoms with van der Waals surface area (Å²) in [6.07, 6.45) is 4.77. The van der Waals surface area contributed by atoms with Crippen molar-refractivity contribution in [1.29, 1.82) is 0 Å². The lowest BCUT2D eigenvalue weighted by Gasteiger charge is -2.10.